The zero-order valence-corrected chi connectivity index (χ0v) is 11.9. The Bertz CT molecular complexity index is 855. The van der Waals surface area contributed by atoms with Gasteiger partial charge in [-0.25, -0.2) is 4.39 Å². The fourth-order valence-electron chi connectivity index (χ4n) is 2.83. The SMILES string of the molecule is O=C1CC(c2c[nH]c3ccccc23)Sc2ccc(F)cc21. The number of aromatic amines is 1. The second-order valence-electron chi connectivity index (χ2n) is 5.16. The molecule has 0 aliphatic carbocycles. The average molecular weight is 297 g/mol. The first kappa shape index (κ1) is 12.7. The summed E-state index contributed by atoms with van der Waals surface area (Å²) in [7, 11) is 0. The number of thioether (sulfide) groups is 1. The summed E-state index contributed by atoms with van der Waals surface area (Å²) in [4.78, 5) is 16.4. The number of hydrogen-bond acceptors (Lipinski definition) is 2. The number of para-hydroxylation sites is 1. The largest absolute Gasteiger partial charge is 0.361 e. The van der Waals surface area contributed by atoms with Crippen LogP contribution in [0.1, 0.15) is 27.6 Å². The Morgan fingerprint density at radius 1 is 1.19 bits per heavy atom. The van der Waals surface area contributed by atoms with Crippen LogP contribution in [0.4, 0.5) is 4.39 Å². The summed E-state index contributed by atoms with van der Waals surface area (Å²) in [6.07, 6.45) is 2.38. The lowest BCUT2D eigenvalue weighted by molar-refractivity contribution is 0.0976. The van der Waals surface area contributed by atoms with E-state index in [1.165, 1.54) is 12.1 Å². The maximum atomic E-state index is 13.3. The van der Waals surface area contributed by atoms with Gasteiger partial charge in [-0.15, -0.1) is 11.8 Å². The fourth-order valence-corrected chi connectivity index (χ4v) is 4.14. The van der Waals surface area contributed by atoms with Crippen molar-refractivity contribution in [2.75, 3.05) is 0 Å². The molecule has 0 amide bonds. The second-order valence-corrected chi connectivity index (χ2v) is 6.41. The predicted octanol–water partition coefficient (Wildman–Crippen LogP) is 4.73. The molecule has 0 saturated carbocycles. The van der Waals surface area contributed by atoms with Crippen LogP contribution in [0.15, 0.2) is 53.6 Å². The molecule has 4 rings (SSSR count). The Morgan fingerprint density at radius 2 is 2.05 bits per heavy atom. The molecular formula is C17H12FNOS. The summed E-state index contributed by atoms with van der Waals surface area (Å²) in [6, 6.07) is 12.5. The van der Waals surface area contributed by atoms with Crippen molar-refractivity contribution in [2.24, 2.45) is 0 Å². The Morgan fingerprint density at radius 3 is 2.95 bits per heavy atom. The highest BCUT2D eigenvalue weighted by Gasteiger charge is 2.28. The molecule has 0 fully saturated rings. The highest BCUT2D eigenvalue weighted by Crippen LogP contribution is 2.46. The molecule has 4 heteroatoms. The van der Waals surface area contributed by atoms with Gasteiger partial charge in [0, 0.05) is 39.2 Å². The molecule has 2 nitrogen and oxygen atoms in total. The van der Waals surface area contributed by atoms with E-state index in [1.54, 1.807) is 17.8 Å². The third kappa shape index (κ3) is 2.07. The Hall–Kier alpha value is -2.07. The Balaban J connectivity index is 1.78. The normalized spacial score (nSPS) is 18.0. The smallest absolute Gasteiger partial charge is 0.165 e. The van der Waals surface area contributed by atoms with E-state index in [2.05, 4.69) is 11.1 Å². The molecule has 1 unspecified atom stereocenters. The van der Waals surface area contributed by atoms with Crippen LogP contribution in [0, 0.1) is 5.82 Å². The van der Waals surface area contributed by atoms with Crippen LogP contribution in [-0.4, -0.2) is 10.8 Å². The Kier molecular flexibility index (Phi) is 2.86. The number of carbonyl (C=O) groups excluding carboxylic acids is 1. The van der Waals surface area contributed by atoms with Crippen molar-refractivity contribution >= 4 is 28.4 Å². The molecule has 2 heterocycles. The number of benzene rings is 2. The highest BCUT2D eigenvalue weighted by molar-refractivity contribution is 7.99. The van der Waals surface area contributed by atoms with E-state index in [4.69, 9.17) is 0 Å². The van der Waals surface area contributed by atoms with Crippen LogP contribution in [0.3, 0.4) is 0 Å². The molecule has 0 spiro atoms. The van der Waals surface area contributed by atoms with Crippen molar-refractivity contribution in [1.29, 1.82) is 0 Å². The van der Waals surface area contributed by atoms with Gasteiger partial charge in [-0.2, -0.15) is 0 Å². The van der Waals surface area contributed by atoms with Crippen LogP contribution >= 0.6 is 11.8 Å². The van der Waals surface area contributed by atoms with Crippen molar-refractivity contribution in [2.45, 2.75) is 16.6 Å². The summed E-state index contributed by atoms with van der Waals surface area (Å²) < 4.78 is 13.3. The number of rotatable bonds is 1. The minimum absolute atomic E-state index is 0.0125. The molecule has 0 radical (unpaired) electrons. The maximum absolute atomic E-state index is 13.3. The fraction of sp³-hybridized carbons (Fsp3) is 0.118. The van der Waals surface area contributed by atoms with E-state index in [0.717, 1.165) is 21.4 Å². The summed E-state index contributed by atoms with van der Waals surface area (Å²) in [5.41, 5.74) is 2.72. The van der Waals surface area contributed by atoms with Crippen molar-refractivity contribution in [3.05, 3.63) is 65.6 Å². The van der Waals surface area contributed by atoms with E-state index >= 15 is 0 Å². The van der Waals surface area contributed by atoms with Gasteiger partial charge in [-0.05, 0) is 29.8 Å². The summed E-state index contributed by atoms with van der Waals surface area (Å²) >= 11 is 1.63. The molecule has 3 aromatic rings. The number of carbonyl (C=O) groups is 1. The quantitative estimate of drug-likeness (QED) is 0.704. The van der Waals surface area contributed by atoms with Crippen LogP contribution in [0.5, 0.6) is 0 Å². The summed E-state index contributed by atoms with van der Waals surface area (Å²) in [5.74, 6) is -0.341. The zero-order chi connectivity index (χ0) is 14.4. The van der Waals surface area contributed by atoms with Gasteiger partial charge < -0.3 is 4.98 Å². The molecule has 2 aromatic carbocycles. The lowest BCUT2D eigenvalue weighted by atomic mass is 10.0. The van der Waals surface area contributed by atoms with Gasteiger partial charge in [-0.1, -0.05) is 18.2 Å². The number of Topliss-reactive ketones (excluding diaryl/α,β-unsaturated/α-hetero) is 1. The van der Waals surface area contributed by atoms with E-state index in [1.807, 2.05) is 24.4 Å². The molecular weight excluding hydrogens is 285 g/mol. The van der Waals surface area contributed by atoms with Gasteiger partial charge >= 0.3 is 0 Å². The molecule has 1 aliphatic rings. The second kappa shape index (κ2) is 4.74. The minimum atomic E-state index is -0.353. The minimum Gasteiger partial charge on any atom is -0.361 e. The van der Waals surface area contributed by atoms with Gasteiger partial charge in [0.1, 0.15) is 5.82 Å². The molecule has 0 saturated heterocycles. The van der Waals surface area contributed by atoms with Crippen molar-refractivity contribution in [3.63, 3.8) is 0 Å². The van der Waals surface area contributed by atoms with Gasteiger partial charge in [0.25, 0.3) is 0 Å². The predicted molar refractivity (Wildman–Crippen MR) is 82.2 cm³/mol. The van der Waals surface area contributed by atoms with Crippen molar-refractivity contribution in [3.8, 4) is 0 Å². The third-order valence-electron chi connectivity index (χ3n) is 3.85. The van der Waals surface area contributed by atoms with Gasteiger partial charge in [0.05, 0.1) is 0 Å². The van der Waals surface area contributed by atoms with E-state index in [0.29, 0.717) is 12.0 Å². The first-order chi connectivity index (χ1) is 10.2. The highest BCUT2D eigenvalue weighted by atomic mass is 32.2. The van der Waals surface area contributed by atoms with E-state index in [-0.39, 0.29) is 16.9 Å². The molecule has 21 heavy (non-hydrogen) atoms. The molecule has 104 valence electrons. The first-order valence-electron chi connectivity index (χ1n) is 6.78. The number of ketones is 1. The number of halogens is 1. The van der Waals surface area contributed by atoms with Crippen LogP contribution in [0.2, 0.25) is 0 Å². The zero-order valence-electron chi connectivity index (χ0n) is 11.1. The third-order valence-corrected chi connectivity index (χ3v) is 5.17. The first-order valence-corrected chi connectivity index (χ1v) is 7.66. The van der Waals surface area contributed by atoms with Gasteiger partial charge in [0.2, 0.25) is 0 Å². The van der Waals surface area contributed by atoms with E-state index < -0.39 is 0 Å². The van der Waals surface area contributed by atoms with Crippen molar-refractivity contribution < 1.29 is 9.18 Å². The topological polar surface area (TPSA) is 32.9 Å². The Labute approximate surface area is 125 Å². The monoisotopic (exact) mass is 297 g/mol. The standard InChI is InChI=1S/C17H12FNOS/c18-10-5-6-16-12(7-10)15(20)8-17(21-16)13-9-19-14-4-2-1-3-11(13)14/h1-7,9,17,19H,8H2. The van der Waals surface area contributed by atoms with Crippen LogP contribution in [-0.2, 0) is 0 Å². The van der Waals surface area contributed by atoms with Crippen molar-refractivity contribution in [1.82, 2.24) is 4.98 Å². The van der Waals surface area contributed by atoms with Crippen LogP contribution in [0.25, 0.3) is 10.9 Å². The number of aromatic nitrogens is 1. The number of fused-ring (bicyclic) bond motifs is 2. The van der Waals surface area contributed by atoms with E-state index in [9.17, 15) is 9.18 Å². The molecule has 1 atom stereocenters. The molecule has 1 aliphatic heterocycles. The van der Waals surface area contributed by atoms with Gasteiger partial charge in [-0.3, -0.25) is 4.79 Å². The van der Waals surface area contributed by atoms with Crippen LogP contribution < -0.4 is 0 Å². The number of hydrogen-bond donors (Lipinski definition) is 1. The summed E-state index contributed by atoms with van der Waals surface area (Å²) in [6.45, 7) is 0. The molecule has 0 bridgehead atoms. The number of H-pyrrole nitrogens is 1. The lowest BCUT2D eigenvalue weighted by Crippen LogP contribution is -2.12. The van der Waals surface area contributed by atoms with Gasteiger partial charge in [0.15, 0.2) is 5.78 Å². The average Bonchev–Trinajstić information content (AvgIpc) is 2.92. The lowest BCUT2D eigenvalue weighted by Gasteiger charge is -2.22. The number of nitrogens with one attached hydrogen (secondary N) is 1. The molecule has 1 aromatic heterocycles. The molecule has 1 N–H and O–H groups in total. The maximum Gasteiger partial charge on any atom is 0.165 e. The summed E-state index contributed by atoms with van der Waals surface area (Å²) in [5, 5.41) is 1.22.